The Morgan fingerprint density at radius 3 is 2.55 bits per heavy atom. The fraction of sp³-hybridized carbons (Fsp3) is 0.174. The second-order valence-electron chi connectivity index (χ2n) is 6.26. The first kappa shape index (κ1) is 21.8. The van der Waals surface area contributed by atoms with Crippen LogP contribution >= 0.6 is 0 Å². The number of aromatic nitrogens is 6. The van der Waals surface area contributed by atoms with Gasteiger partial charge < -0.3 is 10.7 Å². The molecular weight excluding hydrogens is 393 g/mol. The Hall–Kier alpha value is -3.94. The molecule has 0 unspecified atom stereocenters. The van der Waals surface area contributed by atoms with Crippen LogP contribution in [0.4, 0.5) is 10.2 Å². The van der Waals surface area contributed by atoms with Gasteiger partial charge in [-0.15, -0.1) is 0 Å². The highest BCUT2D eigenvalue weighted by molar-refractivity contribution is 5.83. The molecule has 0 radical (unpaired) electrons. The van der Waals surface area contributed by atoms with Crippen molar-refractivity contribution >= 4 is 27.9 Å². The number of aryl methyl sites for hydroxylation is 1. The summed E-state index contributed by atoms with van der Waals surface area (Å²) in [6.07, 6.45) is 5.53. The van der Waals surface area contributed by atoms with Crippen molar-refractivity contribution in [2.75, 3.05) is 5.73 Å². The highest BCUT2D eigenvalue weighted by Gasteiger charge is 2.09. The van der Waals surface area contributed by atoms with Gasteiger partial charge in [-0.1, -0.05) is 26.8 Å². The molecule has 0 saturated carbocycles. The highest BCUT2D eigenvalue weighted by atomic mass is 19.1. The van der Waals surface area contributed by atoms with Crippen LogP contribution in [-0.4, -0.2) is 29.9 Å². The van der Waals surface area contributed by atoms with Crippen molar-refractivity contribution in [3.8, 4) is 11.4 Å². The SMILES string of the molecule is CC.CCc1cc2ccc(F)cc2nc1-c1ccccn1.Nc1ncnc2nc[nH]c12. The van der Waals surface area contributed by atoms with Gasteiger partial charge in [0.05, 0.1) is 23.2 Å². The number of aromatic amines is 1. The molecule has 0 bridgehead atoms. The van der Waals surface area contributed by atoms with E-state index in [1.807, 2.05) is 32.0 Å². The minimum Gasteiger partial charge on any atom is -0.382 e. The Balaban J connectivity index is 0.000000190. The van der Waals surface area contributed by atoms with E-state index in [1.54, 1.807) is 12.3 Å². The number of rotatable bonds is 2. The highest BCUT2D eigenvalue weighted by Crippen LogP contribution is 2.25. The first-order valence-corrected chi connectivity index (χ1v) is 10.1. The molecule has 0 atom stereocenters. The van der Waals surface area contributed by atoms with Gasteiger partial charge in [0.25, 0.3) is 0 Å². The van der Waals surface area contributed by atoms with Crippen LogP contribution < -0.4 is 5.73 Å². The van der Waals surface area contributed by atoms with E-state index in [4.69, 9.17) is 5.73 Å². The Labute approximate surface area is 179 Å². The van der Waals surface area contributed by atoms with Crippen molar-refractivity contribution in [1.29, 1.82) is 0 Å². The summed E-state index contributed by atoms with van der Waals surface area (Å²) in [5, 5.41) is 0.956. The Kier molecular flexibility index (Phi) is 7.16. The van der Waals surface area contributed by atoms with Gasteiger partial charge in [0.15, 0.2) is 11.5 Å². The molecule has 0 spiro atoms. The number of fused-ring (bicyclic) bond motifs is 2. The van der Waals surface area contributed by atoms with Crippen LogP contribution in [0.3, 0.4) is 0 Å². The minimum atomic E-state index is -0.267. The van der Waals surface area contributed by atoms with Crippen molar-refractivity contribution < 1.29 is 4.39 Å². The molecule has 0 amide bonds. The molecule has 3 N–H and O–H groups in total. The zero-order chi connectivity index (χ0) is 22.2. The van der Waals surface area contributed by atoms with Crippen LogP contribution in [0, 0.1) is 5.82 Å². The average molecular weight is 417 g/mol. The van der Waals surface area contributed by atoms with Crippen molar-refractivity contribution in [3.63, 3.8) is 0 Å². The number of nitrogen functional groups attached to an aromatic ring is 1. The van der Waals surface area contributed by atoms with Crippen molar-refractivity contribution in [2.24, 2.45) is 0 Å². The molecule has 0 saturated heterocycles. The van der Waals surface area contributed by atoms with Gasteiger partial charge in [-0.25, -0.2) is 24.3 Å². The van der Waals surface area contributed by atoms with Gasteiger partial charge in [0.2, 0.25) is 0 Å². The monoisotopic (exact) mass is 417 g/mol. The van der Waals surface area contributed by atoms with Crippen LogP contribution in [0.25, 0.3) is 33.5 Å². The van der Waals surface area contributed by atoms with Gasteiger partial charge in [-0.2, -0.15) is 0 Å². The van der Waals surface area contributed by atoms with Crippen molar-refractivity contribution in [2.45, 2.75) is 27.2 Å². The lowest BCUT2D eigenvalue weighted by Gasteiger charge is -2.08. The van der Waals surface area contributed by atoms with Crippen LogP contribution in [0.2, 0.25) is 0 Å². The number of halogens is 1. The molecule has 7 nitrogen and oxygen atoms in total. The number of H-pyrrole nitrogens is 1. The van der Waals surface area contributed by atoms with E-state index in [2.05, 4.69) is 42.9 Å². The normalized spacial score (nSPS) is 10.2. The number of nitrogens with zero attached hydrogens (tertiary/aromatic N) is 5. The number of imidazole rings is 1. The van der Waals surface area contributed by atoms with Crippen molar-refractivity contribution in [1.82, 2.24) is 29.9 Å². The lowest BCUT2D eigenvalue weighted by molar-refractivity contribution is 0.629. The molecule has 0 aliphatic carbocycles. The van der Waals surface area contributed by atoms with Gasteiger partial charge in [0, 0.05) is 17.6 Å². The molecule has 5 aromatic rings. The molecule has 0 aliphatic heterocycles. The molecule has 4 heterocycles. The summed E-state index contributed by atoms with van der Waals surface area (Å²) in [7, 11) is 0. The summed E-state index contributed by atoms with van der Waals surface area (Å²) in [6, 6.07) is 12.5. The molecule has 31 heavy (non-hydrogen) atoms. The van der Waals surface area contributed by atoms with E-state index < -0.39 is 0 Å². The summed E-state index contributed by atoms with van der Waals surface area (Å²) in [6.45, 7) is 6.08. The predicted molar refractivity (Wildman–Crippen MR) is 122 cm³/mol. The quantitative estimate of drug-likeness (QED) is 0.420. The molecule has 158 valence electrons. The molecule has 0 fully saturated rings. The van der Waals surface area contributed by atoms with Crippen LogP contribution in [0.5, 0.6) is 0 Å². The van der Waals surface area contributed by atoms with E-state index in [1.165, 1.54) is 24.8 Å². The summed E-state index contributed by atoms with van der Waals surface area (Å²) in [5.41, 5.74) is 10.2. The maximum Gasteiger partial charge on any atom is 0.182 e. The number of benzene rings is 1. The third-order valence-corrected chi connectivity index (χ3v) is 4.40. The molecule has 5 rings (SSSR count). The second kappa shape index (κ2) is 10.2. The Morgan fingerprint density at radius 2 is 1.84 bits per heavy atom. The molecular formula is C23H24FN7. The van der Waals surface area contributed by atoms with E-state index in [9.17, 15) is 4.39 Å². The van der Waals surface area contributed by atoms with E-state index in [0.29, 0.717) is 22.5 Å². The number of pyridine rings is 2. The van der Waals surface area contributed by atoms with Crippen molar-refractivity contribution in [3.05, 3.63) is 72.7 Å². The minimum absolute atomic E-state index is 0.267. The first-order valence-electron chi connectivity index (χ1n) is 10.1. The third-order valence-electron chi connectivity index (χ3n) is 4.40. The van der Waals surface area contributed by atoms with E-state index in [0.717, 1.165) is 28.8 Å². The summed E-state index contributed by atoms with van der Waals surface area (Å²) >= 11 is 0. The Morgan fingerprint density at radius 1 is 1.00 bits per heavy atom. The molecule has 4 aromatic heterocycles. The zero-order valence-electron chi connectivity index (χ0n) is 17.7. The first-order chi connectivity index (χ1) is 15.2. The van der Waals surface area contributed by atoms with E-state index >= 15 is 0 Å². The number of anilines is 1. The lowest BCUT2D eigenvalue weighted by Crippen LogP contribution is -1.95. The Bertz CT molecular complexity index is 1270. The van der Waals surface area contributed by atoms with Crippen LogP contribution in [0.15, 0.2) is 61.3 Å². The number of nitrogens with two attached hydrogens (primary N) is 1. The number of hydrogen-bond donors (Lipinski definition) is 2. The largest absolute Gasteiger partial charge is 0.382 e. The maximum absolute atomic E-state index is 13.3. The van der Waals surface area contributed by atoms with Gasteiger partial charge in [0.1, 0.15) is 17.7 Å². The summed E-state index contributed by atoms with van der Waals surface area (Å²) in [5.74, 6) is 0.165. The molecule has 0 aliphatic rings. The fourth-order valence-electron chi connectivity index (χ4n) is 2.96. The van der Waals surface area contributed by atoms with Gasteiger partial charge in [-0.3, -0.25) is 4.98 Å². The van der Waals surface area contributed by atoms with E-state index in [-0.39, 0.29) is 5.82 Å². The van der Waals surface area contributed by atoms with Crippen LogP contribution in [-0.2, 0) is 6.42 Å². The lowest BCUT2D eigenvalue weighted by atomic mass is 10.0. The van der Waals surface area contributed by atoms with Gasteiger partial charge in [-0.05, 0) is 42.3 Å². The zero-order valence-corrected chi connectivity index (χ0v) is 17.7. The third kappa shape index (κ3) is 4.98. The topological polar surface area (TPSA) is 106 Å². The summed E-state index contributed by atoms with van der Waals surface area (Å²) < 4.78 is 13.3. The summed E-state index contributed by atoms with van der Waals surface area (Å²) in [4.78, 5) is 23.3. The molecule has 8 heteroatoms. The predicted octanol–water partition coefficient (Wildman–Crippen LogP) is 4.96. The number of nitrogens with one attached hydrogen (secondary N) is 1. The molecule has 1 aromatic carbocycles. The standard InChI is InChI=1S/C16H13FN2.C5H5N5.C2H6/c1-2-11-9-12-6-7-13(17)10-15(12)19-16(11)14-5-3-4-8-18-14;6-4-3-5(9-1-7-3)10-2-8-4;1-2/h3-10H,2H2,1H3;1-2H,(H3,6,7,8,9,10);1-2H3. The number of hydrogen-bond acceptors (Lipinski definition) is 6. The fourth-order valence-corrected chi connectivity index (χ4v) is 2.96. The van der Waals surface area contributed by atoms with Crippen LogP contribution in [0.1, 0.15) is 26.3 Å². The second-order valence-corrected chi connectivity index (χ2v) is 6.26. The average Bonchev–Trinajstić information content (AvgIpc) is 3.31. The smallest absolute Gasteiger partial charge is 0.182 e. The maximum atomic E-state index is 13.3. The van der Waals surface area contributed by atoms with Gasteiger partial charge >= 0.3 is 0 Å².